The molecule has 0 unspecified atom stereocenters. The predicted octanol–water partition coefficient (Wildman–Crippen LogP) is 3.36. The lowest BCUT2D eigenvalue weighted by Gasteiger charge is -2.30. The van der Waals surface area contributed by atoms with E-state index in [0.717, 1.165) is 61.7 Å². The molecule has 5 heteroatoms. The van der Waals surface area contributed by atoms with Crippen molar-refractivity contribution in [3.8, 4) is 0 Å². The summed E-state index contributed by atoms with van der Waals surface area (Å²) in [4.78, 5) is 30.7. The van der Waals surface area contributed by atoms with Crippen LogP contribution in [0, 0.1) is 5.92 Å². The van der Waals surface area contributed by atoms with E-state index in [2.05, 4.69) is 22.4 Å². The fraction of sp³-hybridized carbons (Fsp3) is 0.524. The average molecular weight is 353 g/mol. The molecule has 26 heavy (non-hydrogen) atoms. The monoisotopic (exact) mass is 353 g/mol. The SMILES string of the molecule is O=C(NCc1cc2ccccc2[nH]1)[C@H]1CCCN1C(=O)C1CCCCC1. The van der Waals surface area contributed by atoms with Crippen molar-refractivity contribution >= 4 is 22.7 Å². The zero-order chi connectivity index (χ0) is 17.9. The Morgan fingerprint density at radius 1 is 1.08 bits per heavy atom. The quantitative estimate of drug-likeness (QED) is 0.885. The maximum atomic E-state index is 12.8. The summed E-state index contributed by atoms with van der Waals surface area (Å²) in [5.74, 6) is 0.309. The van der Waals surface area contributed by atoms with Crippen LogP contribution in [0.3, 0.4) is 0 Å². The van der Waals surface area contributed by atoms with Gasteiger partial charge in [-0.1, -0.05) is 37.5 Å². The number of rotatable bonds is 4. The summed E-state index contributed by atoms with van der Waals surface area (Å²) in [6.45, 7) is 1.19. The zero-order valence-corrected chi connectivity index (χ0v) is 15.2. The first-order valence-corrected chi connectivity index (χ1v) is 9.87. The number of hydrogen-bond donors (Lipinski definition) is 2. The largest absolute Gasteiger partial charge is 0.357 e. The second-order valence-corrected chi connectivity index (χ2v) is 7.62. The lowest BCUT2D eigenvalue weighted by molar-refractivity contribution is -0.142. The highest BCUT2D eigenvalue weighted by Gasteiger charge is 2.37. The van der Waals surface area contributed by atoms with Crippen molar-refractivity contribution in [3.05, 3.63) is 36.0 Å². The molecule has 2 heterocycles. The second kappa shape index (κ2) is 7.52. The molecule has 1 aliphatic heterocycles. The Hall–Kier alpha value is -2.30. The standard InChI is InChI=1S/C21H27N3O2/c25-20(22-14-17-13-16-9-4-5-10-18(16)23-17)19-11-6-12-24(19)21(26)15-7-2-1-3-8-15/h4-5,9-10,13,15,19,23H,1-3,6-8,11-12,14H2,(H,22,25)/t19-/m1/s1. The van der Waals surface area contributed by atoms with Crippen LogP contribution in [0.5, 0.6) is 0 Å². The van der Waals surface area contributed by atoms with E-state index < -0.39 is 0 Å². The van der Waals surface area contributed by atoms with Gasteiger partial charge >= 0.3 is 0 Å². The molecular formula is C21H27N3O2. The predicted molar refractivity (Wildman–Crippen MR) is 101 cm³/mol. The van der Waals surface area contributed by atoms with Crippen LogP contribution in [-0.4, -0.2) is 34.3 Å². The fourth-order valence-corrected chi connectivity index (χ4v) is 4.42. The van der Waals surface area contributed by atoms with Gasteiger partial charge < -0.3 is 15.2 Å². The maximum absolute atomic E-state index is 12.8. The van der Waals surface area contributed by atoms with E-state index in [9.17, 15) is 9.59 Å². The van der Waals surface area contributed by atoms with E-state index in [0.29, 0.717) is 6.54 Å². The molecule has 2 N–H and O–H groups in total. The summed E-state index contributed by atoms with van der Waals surface area (Å²) < 4.78 is 0. The van der Waals surface area contributed by atoms with Crippen molar-refractivity contribution in [1.29, 1.82) is 0 Å². The van der Waals surface area contributed by atoms with Gasteiger partial charge in [0.15, 0.2) is 0 Å². The lowest BCUT2D eigenvalue weighted by Crippen LogP contribution is -2.48. The molecule has 0 bridgehead atoms. The van der Waals surface area contributed by atoms with Crippen LogP contribution in [0.25, 0.3) is 10.9 Å². The number of para-hydroxylation sites is 1. The smallest absolute Gasteiger partial charge is 0.243 e. The first-order valence-electron chi connectivity index (χ1n) is 9.87. The Kier molecular flexibility index (Phi) is 4.96. The number of amides is 2. The topological polar surface area (TPSA) is 65.2 Å². The Labute approximate surface area is 154 Å². The molecule has 2 amide bonds. The molecule has 1 saturated heterocycles. The van der Waals surface area contributed by atoms with E-state index in [1.54, 1.807) is 0 Å². The molecule has 1 aromatic heterocycles. The highest BCUT2D eigenvalue weighted by Crippen LogP contribution is 2.29. The maximum Gasteiger partial charge on any atom is 0.243 e. The molecule has 2 fully saturated rings. The molecule has 2 aromatic rings. The van der Waals surface area contributed by atoms with Crippen LogP contribution < -0.4 is 5.32 Å². The Morgan fingerprint density at radius 2 is 1.88 bits per heavy atom. The summed E-state index contributed by atoms with van der Waals surface area (Å²) in [5.41, 5.74) is 2.06. The van der Waals surface area contributed by atoms with Crippen LogP contribution in [0.4, 0.5) is 0 Å². The Morgan fingerprint density at radius 3 is 2.69 bits per heavy atom. The molecule has 1 aliphatic carbocycles. The van der Waals surface area contributed by atoms with Crippen molar-refractivity contribution in [3.63, 3.8) is 0 Å². The summed E-state index contributed by atoms with van der Waals surface area (Å²) in [7, 11) is 0. The Bertz CT molecular complexity index is 758. The van der Waals surface area contributed by atoms with Gasteiger partial charge in [0, 0.05) is 23.7 Å². The number of likely N-dealkylation sites (tertiary alicyclic amines) is 1. The molecule has 1 saturated carbocycles. The average Bonchev–Trinajstić information content (AvgIpc) is 3.33. The number of H-pyrrole nitrogens is 1. The number of fused-ring (bicyclic) bond motifs is 1. The van der Waals surface area contributed by atoms with Crippen LogP contribution in [0.2, 0.25) is 0 Å². The van der Waals surface area contributed by atoms with Gasteiger partial charge in [0.05, 0.1) is 6.54 Å². The van der Waals surface area contributed by atoms with Crippen molar-refractivity contribution < 1.29 is 9.59 Å². The van der Waals surface area contributed by atoms with Gasteiger partial charge in [-0.05, 0) is 43.2 Å². The number of carbonyl (C=O) groups excluding carboxylic acids is 2. The lowest BCUT2D eigenvalue weighted by atomic mass is 9.88. The number of hydrogen-bond acceptors (Lipinski definition) is 2. The van der Waals surface area contributed by atoms with Gasteiger partial charge in [0.1, 0.15) is 6.04 Å². The van der Waals surface area contributed by atoms with Crippen molar-refractivity contribution in [1.82, 2.24) is 15.2 Å². The number of benzene rings is 1. The summed E-state index contributed by atoms with van der Waals surface area (Å²) in [6.07, 6.45) is 7.18. The molecule has 1 atom stereocenters. The van der Waals surface area contributed by atoms with Crippen molar-refractivity contribution in [2.45, 2.75) is 57.5 Å². The van der Waals surface area contributed by atoms with Crippen molar-refractivity contribution in [2.24, 2.45) is 5.92 Å². The van der Waals surface area contributed by atoms with E-state index in [-0.39, 0.29) is 23.8 Å². The van der Waals surface area contributed by atoms with Crippen LogP contribution in [0.1, 0.15) is 50.6 Å². The summed E-state index contributed by atoms with van der Waals surface area (Å²) in [6, 6.07) is 9.85. The van der Waals surface area contributed by atoms with E-state index in [1.165, 1.54) is 6.42 Å². The van der Waals surface area contributed by atoms with Gasteiger partial charge in [0.25, 0.3) is 0 Å². The molecule has 0 radical (unpaired) electrons. The van der Waals surface area contributed by atoms with Crippen LogP contribution in [0.15, 0.2) is 30.3 Å². The molecular weight excluding hydrogens is 326 g/mol. The molecule has 1 aromatic carbocycles. The number of aromatic amines is 1. The molecule has 5 nitrogen and oxygen atoms in total. The Balaban J connectivity index is 1.37. The van der Waals surface area contributed by atoms with Crippen LogP contribution >= 0.6 is 0 Å². The van der Waals surface area contributed by atoms with Crippen LogP contribution in [-0.2, 0) is 16.1 Å². The molecule has 0 spiro atoms. The highest BCUT2D eigenvalue weighted by molar-refractivity contribution is 5.89. The number of nitrogens with zero attached hydrogens (tertiary/aromatic N) is 1. The highest BCUT2D eigenvalue weighted by atomic mass is 16.2. The van der Waals surface area contributed by atoms with E-state index in [1.807, 2.05) is 23.1 Å². The van der Waals surface area contributed by atoms with E-state index >= 15 is 0 Å². The van der Waals surface area contributed by atoms with Crippen molar-refractivity contribution in [2.75, 3.05) is 6.54 Å². The number of aromatic nitrogens is 1. The third kappa shape index (κ3) is 3.48. The van der Waals surface area contributed by atoms with Gasteiger partial charge in [0.2, 0.25) is 11.8 Å². The zero-order valence-electron chi connectivity index (χ0n) is 15.2. The minimum atomic E-state index is -0.297. The first-order chi connectivity index (χ1) is 12.7. The first kappa shape index (κ1) is 17.1. The van der Waals surface area contributed by atoms with Gasteiger partial charge in [-0.25, -0.2) is 0 Å². The molecule has 138 valence electrons. The third-order valence-corrected chi connectivity index (χ3v) is 5.83. The molecule has 2 aliphatic rings. The fourth-order valence-electron chi connectivity index (χ4n) is 4.42. The summed E-state index contributed by atoms with van der Waals surface area (Å²) >= 11 is 0. The van der Waals surface area contributed by atoms with Gasteiger partial charge in [-0.15, -0.1) is 0 Å². The third-order valence-electron chi connectivity index (χ3n) is 5.83. The molecule has 4 rings (SSSR count). The second-order valence-electron chi connectivity index (χ2n) is 7.62. The van der Waals surface area contributed by atoms with E-state index in [4.69, 9.17) is 0 Å². The van der Waals surface area contributed by atoms with Gasteiger partial charge in [-0.3, -0.25) is 9.59 Å². The van der Waals surface area contributed by atoms with Gasteiger partial charge in [-0.2, -0.15) is 0 Å². The summed E-state index contributed by atoms with van der Waals surface area (Å²) in [5, 5.41) is 4.17. The normalized spacial score (nSPS) is 21.2. The number of carbonyl (C=O) groups is 2. The minimum absolute atomic E-state index is 0.0229. The minimum Gasteiger partial charge on any atom is -0.357 e. The number of nitrogens with one attached hydrogen (secondary N) is 2.